The molecule has 25 heavy (non-hydrogen) atoms. The van der Waals surface area contributed by atoms with E-state index in [0.29, 0.717) is 12.0 Å². The average Bonchev–Trinajstić information content (AvgIpc) is 2.63. The highest BCUT2D eigenvalue weighted by Gasteiger charge is 2.16. The van der Waals surface area contributed by atoms with Crippen molar-refractivity contribution >= 4 is 21.9 Å². The van der Waals surface area contributed by atoms with Gasteiger partial charge >= 0.3 is 0 Å². The third-order valence-corrected chi connectivity index (χ3v) is 5.04. The normalized spacial score (nSPS) is 12.3. The van der Waals surface area contributed by atoms with Crippen molar-refractivity contribution in [3.05, 3.63) is 59.0 Å². The molecule has 0 saturated carbocycles. The van der Waals surface area contributed by atoms with Gasteiger partial charge in [0.1, 0.15) is 12.0 Å². The van der Waals surface area contributed by atoms with Crippen LogP contribution in [0.2, 0.25) is 0 Å². The first-order valence-electron chi connectivity index (χ1n) is 8.22. The predicted octanol–water partition coefficient (Wildman–Crippen LogP) is 3.73. The fourth-order valence-electron chi connectivity index (χ4n) is 2.87. The van der Waals surface area contributed by atoms with Crippen molar-refractivity contribution in [2.45, 2.75) is 18.2 Å². The average molecular weight is 355 g/mol. The standard InChI is InChI=1S/C20H21NO3S/c1-4-11-24-19-10-9-14(25(3)23)12-17(19)18-13-21(2)20(22)16-8-6-5-7-15(16)18/h5-10,12-13H,4,11H2,1-3H3. The summed E-state index contributed by atoms with van der Waals surface area (Å²) in [4.78, 5) is 13.2. The summed E-state index contributed by atoms with van der Waals surface area (Å²) in [5, 5.41) is 1.53. The highest BCUT2D eigenvalue weighted by atomic mass is 32.2. The van der Waals surface area contributed by atoms with Gasteiger partial charge in [0.2, 0.25) is 0 Å². The molecule has 3 aromatic rings. The lowest BCUT2D eigenvalue weighted by atomic mass is 10.00. The molecule has 3 rings (SSSR count). The van der Waals surface area contributed by atoms with Crippen LogP contribution in [0.15, 0.2) is 58.4 Å². The first-order chi connectivity index (χ1) is 12.0. The number of hydrogen-bond acceptors (Lipinski definition) is 3. The number of nitrogens with zero attached hydrogens (tertiary/aromatic N) is 1. The zero-order valence-corrected chi connectivity index (χ0v) is 15.4. The Labute approximate surface area is 150 Å². The summed E-state index contributed by atoms with van der Waals surface area (Å²) in [6, 6.07) is 13.1. The van der Waals surface area contributed by atoms with Crippen LogP contribution in [0.25, 0.3) is 21.9 Å². The predicted molar refractivity (Wildman–Crippen MR) is 103 cm³/mol. The van der Waals surface area contributed by atoms with Gasteiger partial charge in [0.15, 0.2) is 4.90 Å². The SMILES string of the molecule is CCCOc1ccc([S+](C)[O-])cc1-c1cn(C)c(=O)c2ccccc12. The molecule has 0 bridgehead atoms. The lowest BCUT2D eigenvalue weighted by molar-refractivity contribution is 0.318. The van der Waals surface area contributed by atoms with Gasteiger partial charge in [-0.25, -0.2) is 0 Å². The summed E-state index contributed by atoms with van der Waals surface area (Å²) in [5.41, 5.74) is 1.72. The van der Waals surface area contributed by atoms with E-state index in [1.807, 2.05) is 48.7 Å². The maximum Gasteiger partial charge on any atom is 0.258 e. The monoisotopic (exact) mass is 355 g/mol. The van der Waals surface area contributed by atoms with Crippen LogP contribution >= 0.6 is 0 Å². The molecule has 2 aromatic carbocycles. The van der Waals surface area contributed by atoms with Crippen LogP contribution < -0.4 is 10.3 Å². The lowest BCUT2D eigenvalue weighted by Gasteiger charge is -2.16. The van der Waals surface area contributed by atoms with Crippen molar-refractivity contribution in [2.24, 2.45) is 7.05 Å². The minimum Gasteiger partial charge on any atom is -0.612 e. The van der Waals surface area contributed by atoms with Crippen LogP contribution in [-0.2, 0) is 18.2 Å². The van der Waals surface area contributed by atoms with Crippen molar-refractivity contribution in [1.29, 1.82) is 0 Å². The molecular weight excluding hydrogens is 334 g/mol. The summed E-state index contributed by atoms with van der Waals surface area (Å²) in [5.74, 6) is 0.736. The second kappa shape index (κ2) is 7.33. The van der Waals surface area contributed by atoms with Gasteiger partial charge in [-0.05, 0) is 41.2 Å². The zero-order chi connectivity index (χ0) is 18.0. The van der Waals surface area contributed by atoms with Crippen molar-refractivity contribution in [3.63, 3.8) is 0 Å². The Hall–Kier alpha value is -2.24. The topological polar surface area (TPSA) is 54.3 Å². The molecular formula is C20H21NO3S. The molecule has 1 aromatic heterocycles. The quantitative estimate of drug-likeness (QED) is 0.655. The van der Waals surface area contributed by atoms with Gasteiger partial charge < -0.3 is 13.9 Å². The van der Waals surface area contributed by atoms with Gasteiger partial charge in [-0.15, -0.1) is 0 Å². The van der Waals surface area contributed by atoms with E-state index in [1.165, 1.54) is 0 Å². The Morgan fingerprint density at radius 2 is 1.84 bits per heavy atom. The van der Waals surface area contributed by atoms with E-state index in [1.54, 1.807) is 17.9 Å². The largest absolute Gasteiger partial charge is 0.612 e. The van der Waals surface area contributed by atoms with Crippen molar-refractivity contribution < 1.29 is 9.29 Å². The molecule has 5 heteroatoms. The Kier molecular flexibility index (Phi) is 5.16. The molecule has 4 nitrogen and oxygen atoms in total. The van der Waals surface area contributed by atoms with E-state index in [4.69, 9.17) is 4.74 Å². The van der Waals surface area contributed by atoms with Gasteiger partial charge in [-0.3, -0.25) is 4.79 Å². The number of pyridine rings is 1. The Balaban J connectivity index is 2.31. The molecule has 0 N–H and O–H groups in total. The molecule has 1 heterocycles. The summed E-state index contributed by atoms with van der Waals surface area (Å²) >= 11 is -1.09. The summed E-state index contributed by atoms with van der Waals surface area (Å²) in [6.07, 6.45) is 4.38. The summed E-state index contributed by atoms with van der Waals surface area (Å²) < 4.78 is 19.4. The number of fused-ring (bicyclic) bond motifs is 1. The lowest BCUT2D eigenvalue weighted by Crippen LogP contribution is -2.16. The molecule has 1 unspecified atom stereocenters. The van der Waals surface area contributed by atoms with Crippen LogP contribution in [-0.4, -0.2) is 22.0 Å². The van der Waals surface area contributed by atoms with Gasteiger partial charge in [-0.2, -0.15) is 0 Å². The van der Waals surface area contributed by atoms with Gasteiger partial charge in [0, 0.05) is 35.8 Å². The zero-order valence-electron chi connectivity index (χ0n) is 14.6. The molecule has 0 saturated heterocycles. The molecule has 1 atom stereocenters. The van der Waals surface area contributed by atoms with Crippen LogP contribution in [0.4, 0.5) is 0 Å². The number of aromatic nitrogens is 1. The van der Waals surface area contributed by atoms with Crippen molar-refractivity contribution in [3.8, 4) is 16.9 Å². The van der Waals surface area contributed by atoms with E-state index < -0.39 is 11.2 Å². The second-order valence-electron chi connectivity index (χ2n) is 5.96. The third-order valence-electron chi connectivity index (χ3n) is 4.13. The molecule has 0 radical (unpaired) electrons. The number of ether oxygens (including phenoxy) is 1. The van der Waals surface area contributed by atoms with E-state index in [9.17, 15) is 9.35 Å². The first kappa shape index (κ1) is 17.6. The fraction of sp³-hybridized carbons (Fsp3) is 0.250. The number of benzene rings is 2. The number of hydrogen-bond donors (Lipinski definition) is 0. The van der Waals surface area contributed by atoms with Gasteiger partial charge in [-0.1, -0.05) is 25.1 Å². The smallest absolute Gasteiger partial charge is 0.258 e. The number of aryl methyl sites for hydroxylation is 1. The second-order valence-corrected chi connectivity index (χ2v) is 7.34. The molecule has 0 spiro atoms. The van der Waals surface area contributed by atoms with E-state index in [2.05, 4.69) is 6.92 Å². The van der Waals surface area contributed by atoms with Crippen molar-refractivity contribution in [1.82, 2.24) is 4.57 Å². The van der Waals surface area contributed by atoms with Crippen LogP contribution in [0.5, 0.6) is 5.75 Å². The summed E-state index contributed by atoms with van der Waals surface area (Å²) in [6.45, 7) is 2.65. The minimum atomic E-state index is -1.09. The maximum atomic E-state index is 12.4. The maximum absolute atomic E-state index is 12.4. The molecule has 0 aliphatic heterocycles. The highest BCUT2D eigenvalue weighted by Crippen LogP contribution is 2.36. The Morgan fingerprint density at radius 3 is 2.52 bits per heavy atom. The Morgan fingerprint density at radius 1 is 1.12 bits per heavy atom. The molecule has 0 fully saturated rings. The molecule has 130 valence electrons. The van der Waals surface area contributed by atoms with Gasteiger partial charge in [0.05, 0.1) is 6.61 Å². The van der Waals surface area contributed by atoms with Crippen LogP contribution in [0, 0.1) is 0 Å². The molecule has 0 aliphatic rings. The van der Waals surface area contributed by atoms with Crippen LogP contribution in [0.1, 0.15) is 13.3 Å². The molecule has 0 aliphatic carbocycles. The van der Waals surface area contributed by atoms with E-state index >= 15 is 0 Å². The van der Waals surface area contributed by atoms with E-state index in [-0.39, 0.29) is 5.56 Å². The highest BCUT2D eigenvalue weighted by molar-refractivity contribution is 7.90. The number of rotatable bonds is 5. The van der Waals surface area contributed by atoms with Gasteiger partial charge in [0.25, 0.3) is 5.56 Å². The third kappa shape index (κ3) is 3.43. The Bertz CT molecular complexity index is 963. The minimum absolute atomic E-state index is 0.0365. The van der Waals surface area contributed by atoms with E-state index in [0.717, 1.165) is 33.6 Å². The first-order valence-corrected chi connectivity index (χ1v) is 9.77. The summed E-state index contributed by atoms with van der Waals surface area (Å²) in [7, 11) is 1.74. The molecule has 0 amide bonds. The fourth-order valence-corrected chi connectivity index (χ4v) is 3.41. The van der Waals surface area contributed by atoms with Crippen LogP contribution in [0.3, 0.4) is 0 Å². The van der Waals surface area contributed by atoms with Crippen molar-refractivity contribution in [2.75, 3.05) is 12.9 Å².